The van der Waals surface area contributed by atoms with E-state index in [1.54, 1.807) is 10.9 Å². The SMILES string of the molecule is COC1C(Cc2cn(C3(C)CC(O)C3)nn2)OC(CO)C(O)C1n1cc(-c2ccc(C)c(F)c2F)nn1. The van der Waals surface area contributed by atoms with Gasteiger partial charge in [-0.25, -0.2) is 18.1 Å². The largest absolute Gasteiger partial charge is 0.394 e. The van der Waals surface area contributed by atoms with Crippen molar-refractivity contribution in [2.75, 3.05) is 13.7 Å². The Kier molecular flexibility index (Phi) is 6.83. The number of benzene rings is 1. The van der Waals surface area contributed by atoms with E-state index in [0.29, 0.717) is 18.5 Å². The van der Waals surface area contributed by atoms with Crippen LogP contribution in [0.1, 0.15) is 37.1 Å². The molecule has 3 N–H and O–H groups in total. The van der Waals surface area contributed by atoms with Crippen molar-refractivity contribution in [2.45, 2.75) is 75.2 Å². The van der Waals surface area contributed by atoms with Gasteiger partial charge in [0.1, 0.15) is 30.0 Å². The van der Waals surface area contributed by atoms with E-state index < -0.39 is 48.7 Å². The third-order valence-corrected chi connectivity index (χ3v) is 7.46. The van der Waals surface area contributed by atoms with Crippen LogP contribution in [0, 0.1) is 18.6 Å². The minimum atomic E-state index is -1.23. The van der Waals surface area contributed by atoms with Gasteiger partial charge in [-0.1, -0.05) is 16.5 Å². The lowest BCUT2D eigenvalue weighted by Crippen LogP contribution is -2.57. The Morgan fingerprint density at radius 3 is 2.54 bits per heavy atom. The molecule has 0 radical (unpaired) electrons. The molecule has 5 atom stereocenters. The second-order valence-corrected chi connectivity index (χ2v) is 10.1. The Morgan fingerprint density at radius 2 is 1.86 bits per heavy atom. The van der Waals surface area contributed by atoms with E-state index in [9.17, 15) is 24.1 Å². The lowest BCUT2D eigenvalue weighted by Gasteiger charge is -2.43. The molecular formula is C24H30F2N6O5. The summed E-state index contributed by atoms with van der Waals surface area (Å²) < 4.78 is 43.5. The molecule has 200 valence electrons. The van der Waals surface area contributed by atoms with Crippen molar-refractivity contribution in [1.29, 1.82) is 0 Å². The number of rotatable bonds is 7. The van der Waals surface area contributed by atoms with Gasteiger partial charge in [0, 0.05) is 25.3 Å². The van der Waals surface area contributed by atoms with E-state index in [2.05, 4.69) is 20.6 Å². The predicted molar refractivity (Wildman–Crippen MR) is 124 cm³/mol. The standard InChI is InChI=1S/C24H30F2N6O5/c1-12-4-5-15(20(26)19(12)25)16-10-31(29-28-16)21-22(35)18(11-33)37-17(23(21)36-3)6-13-9-32(30-27-13)24(2)7-14(34)8-24/h4-5,9-10,14,17-18,21-23,33-35H,6-8,11H2,1-3H3. The van der Waals surface area contributed by atoms with Gasteiger partial charge in [-0.3, -0.25) is 0 Å². The first-order chi connectivity index (χ1) is 17.6. The summed E-state index contributed by atoms with van der Waals surface area (Å²) in [5.74, 6) is -2.00. The molecule has 2 fully saturated rings. The lowest BCUT2D eigenvalue weighted by atomic mass is 9.76. The van der Waals surface area contributed by atoms with E-state index in [0.717, 1.165) is 0 Å². The van der Waals surface area contributed by atoms with Gasteiger partial charge in [-0.15, -0.1) is 10.2 Å². The number of hydrogen-bond donors (Lipinski definition) is 3. The topological polar surface area (TPSA) is 141 Å². The van der Waals surface area contributed by atoms with Crippen LogP contribution >= 0.6 is 0 Å². The fourth-order valence-corrected chi connectivity index (χ4v) is 5.32. The Balaban J connectivity index is 1.42. The van der Waals surface area contributed by atoms with Crippen LogP contribution in [0.4, 0.5) is 8.78 Å². The maximum absolute atomic E-state index is 14.6. The number of aryl methyl sites for hydroxylation is 1. The second kappa shape index (κ2) is 9.80. The molecular weight excluding hydrogens is 490 g/mol. The first-order valence-electron chi connectivity index (χ1n) is 12.1. The molecule has 1 aromatic carbocycles. The van der Waals surface area contributed by atoms with Crippen LogP contribution in [-0.4, -0.2) is 89.5 Å². The molecule has 1 aliphatic carbocycles. The maximum Gasteiger partial charge on any atom is 0.168 e. The predicted octanol–water partition coefficient (Wildman–Crippen LogP) is 0.913. The monoisotopic (exact) mass is 520 g/mol. The van der Waals surface area contributed by atoms with Gasteiger partial charge in [0.2, 0.25) is 0 Å². The summed E-state index contributed by atoms with van der Waals surface area (Å²) in [6.07, 6.45) is 0.664. The van der Waals surface area contributed by atoms with Gasteiger partial charge in [0.05, 0.1) is 36.2 Å². The second-order valence-electron chi connectivity index (χ2n) is 10.1. The number of halogens is 2. The number of aliphatic hydroxyl groups excluding tert-OH is 3. The van der Waals surface area contributed by atoms with E-state index in [-0.39, 0.29) is 34.9 Å². The molecule has 3 heterocycles. The molecule has 0 spiro atoms. The molecule has 5 unspecified atom stereocenters. The van der Waals surface area contributed by atoms with Crippen molar-refractivity contribution in [3.63, 3.8) is 0 Å². The van der Waals surface area contributed by atoms with E-state index in [1.165, 1.54) is 37.0 Å². The maximum atomic E-state index is 14.6. The molecule has 1 saturated heterocycles. The molecule has 2 aliphatic rings. The average molecular weight is 521 g/mol. The van der Waals surface area contributed by atoms with E-state index in [4.69, 9.17) is 9.47 Å². The van der Waals surface area contributed by atoms with Crippen LogP contribution in [-0.2, 0) is 21.4 Å². The van der Waals surface area contributed by atoms with Gasteiger partial charge in [0.25, 0.3) is 0 Å². The summed E-state index contributed by atoms with van der Waals surface area (Å²) in [7, 11) is 1.46. The number of hydrogen-bond acceptors (Lipinski definition) is 9. The molecule has 0 bridgehead atoms. The van der Waals surface area contributed by atoms with Gasteiger partial charge >= 0.3 is 0 Å². The van der Waals surface area contributed by atoms with Crippen LogP contribution in [0.3, 0.4) is 0 Å². The fraction of sp³-hybridized carbons (Fsp3) is 0.583. The minimum Gasteiger partial charge on any atom is -0.394 e. The summed E-state index contributed by atoms with van der Waals surface area (Å²) in [6, 6.07) is 2.01. The van der Waals surface area contributed by atoms with Crippen LogP contribution in [0.25, 0.3) is 11.3 Å². The number of methoxy groups -OCH3 is 1. The lowest BCUT2D eigenvalue weighted by molar-refractivity contribution is -0.212. The van der Waals surface area contributed by atoms with Crippen molar-refractivity contribution >= 4 is 0 Å². The molecule has 37 heavy (non-hydrogen) atoms. The molecule has 2 aromatic heterocycles. The molecule has 1 aliphatic heterocycles. The highest BCUT2D eigenvalue weighted by atomic mass is 19.2. The van der Waals surface area contributed by atoms with Crippen molar-refractivity contribution in [3.8, 4) is 11.3 Å². The summed E-state index contributed by atoms with van der Waals surface area (Å²) in [5, 5.41) is 47.2. The third-order valence-electron chi connectivity index (χ3n) is 7.46. The quantitative estimate of drug-likeness (QED) is 0.415. The highest BCUT2D eigenvalue weighted by Crippen LogP contribution is 2.39. The first-order valence-corrected chi connectivity index (χ1v) is 12.1. The van der Waals surface area contributed by atoms with Crippen molar-refractivity contribution in [1.82, 2.24) is 30.0 Å². The van der Waals surface area contributed by atoms with Gasteiger partial charge < -0.3 is 24.8 Å². The Morgan fingerprint density at radius 1 is 1.11 bits per heavy atom. The van der Waals surface area contributed by atoms with Crippen LogP contribution in [0.15, 0.2) is 24.5 Å². The average Bonchev–Trinajstić information content (AvgIpc) is 3.52. The Hall–Kier alpha value is -2.84. The zero-order chi connectivity index (χ0) is 26.5. The molecule has 13 heteroatoms. The van der Waals surface area contributed by atoms with Crippen LogP contribution < -0.4 is 0 Å². The van der Waals surface area contributed by atoms with E-state index in [1.807, 2.05) is 6.92 Å². The smallest absolute Gasteiger partial charge is 0.168 e. The number of aromatic nitrogens is 6. The molecule has 11 nitrogen and oxygen atoms in total. The van der Waals surface area contributed by atoms with Gasteiger partial charge in [-0.05, 0) is 38.3 Å². The summed E-state index contributed by atoms with van der Waals surface area (Å²) in [5.41, 5.74) is 0.485. The van der Waals surface area contributed by atoms with Gasteiger partial charge in [-0.2, -0.15) is 0 Å². The Labute approximate surface area is 211 Å². The van der Waals surface area contributed by atoms with Crippen molar-refractivity contribution < 1.29 is 33.6 Å². The summed E-state index contributed by atoms with van der Waals surface area (Å²) in [6.45, 7) is 2.99. The van der Waals surface area contributed by atoms with Gasteiger partial charge in [0.15, 0.2) is 11.6 Å². The number of nitrogens with zero attached hydrogens (tertiary/aromatic N) is 6. The number of aliphatic hydroxyl groups is 3. The Bertz CT molecular complexity index is 1260. The van der Waals surface area contributed by atoms with E-state index >= 15 is 0 Å². The molecule has 0 amide bonds. The van der Waals surface area contributed by atoms with Crippen molar-refractivity contribution in [3.05, 3.63) is 47.4 Å². The molecule has 1 saturated carbocycles. The first kappa shape index (κ1) is 25.8. The minimum absolute atomic E-state index is 0.0636. The highest BCUT2D eigenvalue weighted by molar-refractivity contribution is 5.59. The molecule has 3 aromatic rings. The van der Waals surface area contributed by atoms with Crippen LogP contribution in [0.5, 0.6) is 0 Å². The summed E-state index contributed by atoms with van der Waals surface area (Å²) >= 11 is 0. The number of ether oxygens (including phenoxy) is 2. The fourth-order valence-electron chi connectivity index (χ4n) is 5.32. The third kappa shape index (κ3) is 4.55. The van der Waals surface area contributed by atoms with Crippen LogP contribution in [0.2, 0.25) is 0 Å². The van der Waals surface area contributed by atoms with Crippen molar-refractivity contribution in [2.24, 2.45) is 0 Å². The summed E-state index contributed by atoms with van der Waals surface area (Å²) in [4.78, 5) is 0. The highest BCUT2D eigenvalue weighted by Gasteiger charge is 2.48. The molecule has 5 rings (SSSR count). The zero-order valence-electron chi connectivity index (χ0n) is 20.7. The normalized spacial score (nSPS) is 31.9. The zero-order valence-corrected chi connectivity index (χ0v) is 20.7.